The number of rotatable bonds is 3. The predicted octanol–water partition coefficient (Wildman–Crippen LogP) is 0.884. The minimum Gasteiger partial charge on any atom is -0.481 e. The average molecular weight is 267 g/mol. The van der Waals surface area contributed by atoms with Crippen LogP contribution in [0.3, 0.4) is 0 Å². The van der Waals surface area contributed by atoms with Gasteiger partial charge in [0.15, 0.2) is 0 Å². The van der Waals surface area contributed by atoms with Crippen LogP contribution < -0.4 is 0 Å². The summed E-state index contributed by atoms with van der Waals surface area (Å²) in [7, 11) is 0. The highest BCUT2D eigenvalue weighted by molar-refractivity contribution is 5.85. The van der Waals surface area contributed by atoms with Crippen molar-refractivity contribution in [2.45, 2.75) is 25.7 Å². The smallest absolute Gasteiger partial charge is 0.307 e. The largest absolute Gasteiger partial charge is 0.481 e. The van der Waals surface area contributed by atoms with Gasteiger partial charge in [-0.05, 0) is 31.6 Å². The fraction of sp³-hybridized carbons (Fsp3) is 0.714. The number of aliphatic carboxylic acids is 1. The Kier molecular flexibility index (Phi) is 4.58. The normalized spacial score (nSPS) is 31.2. The number of aliphatic hydroxyl groups is 1. The minimum absolute atomic E-state index is 0.0603. The number of likely N-dealkylation sites (tertiary alicyclic amines) is 1. The van der Waals surface area contributed by atoms with Gasteiger partial charge in [-0.3, -0.25) is 9.59 Å². The second-order valence-electron chi connectivity index (χ2n) is 5.47. The molecule has 0 spiro atoms. The van der Waals surface area contributed by atoms with E-state index >= 15 is 0 Å². The first-order valence-electron chi connectivity index (χ1n) is 6.91. The van der Waals surface area contributed by atoms with E-state index in [1.54, 1.807) is 4.90 Å². The molecule has 1 aliphatic heterocycles. The van der Waals surface area contributed by atoms with Gasteiger partial charge in [-0.25, -0.2) is 0 Å². The SMILES string of the molecule is O=C(O)C1CC=CCC1C(=O)N1CCCC(CO)C1. The van der Waals surface area contributed by atoms with E-state index in [0.717, 1.165) is 12.8 Å². The molecular formula is C14H21NO4. The Hall–Kier alpha value is -1.36. The lowest BCUT2D eigenvalue weighted by Crippen LogP contribution is -2.46. The standard InChI is InChI=1S/C14H21NO4/c16-9-10-4-3-7-15(8-10)13(17)11-5-1-2-6-12(11)14(18)19/h1-2,10-12,16H,3-9H2,(H,18,19). The number of piperidine rings is 1. The summed E-state index contributed by atoms with van der Waals surface area (Å²) < 4.78 is 0. The molecule has 1 heterocycles. The predicted molar refractivity (Wildman–Crippen MR) is 69.4 cm³/mol. The van der Waals surface area contributed by atoms with E-state index < -0.39 is 17.8 Å². The van der Waals surface area contributed by atoms with Crippen molar-refractivity contribution in [2.24, 2.45) is 17.8 Å². The summed E-state index contributed by atoms with van der Waals surface area (Å²) in [5.74, 6) is -1.86. The fourth-order valence-electron chi connectivity index (χ4n) is 3.01. The highest BCUT2D eigenvalue weighted by Crippen LogP contribution is 2.29. The monoisotopic (exact) mass is 267 g/mol. The van der Waals surface area contributed by atoms with E-state index in [1.807, 2.05) is 12.2 Å². The van der Waals surface area contributed by atoms with Gasteiger partial charge in [0.2, 0.25) is 5.91 Å². The van der Waals surface area contributed by atoms with Gasteiger partial charge in [0.1, 0.15) is 0 Å². The molecule has 1 amide bonds. The van der Waals surface area contributed by atoms with Crippen molar-refractivity contribution in [1.82, 2.24) is 4.90 Å². The number of carboxylic acids is 1. The Labute approximate surface area is 112 Å². The van der Waals surface area contributed by atoms with Crippen molar-refractivity contribution in [3.63, 3.8) is 0 Å². The van der Waals surface area contributed by atoms with Gasteiger partial charge in [0.05, 0.1) is 11.8 Å². The summed E-state index contributed by atoms with van der Waals surface area (Å²) in [4.78, 5) is 25.4. The molecule has 1 aliphatic carbocycles. The molecule has 19 heavy (non-hydrogen) atoms. The van der Waals surface area contributed by atoms with Crippen LogP contribution >= 0.6 is 0 Å². The van der Waals surface area contributed by atoms with Crippen LogP contribution in [0.2, 0.25) is 0 Å². The zero-order valence-electron chi connectivity index (χ0n) is 11.0. The van der Waals surface area contributed by atoms with E-state index in [0.29, 0.717) is 25.9 Å². The molecule has 0 aromatic carbocycles. The lowest BCUT2D eigenvalue weighted by molar-refractivity contribution is -0.151. The van der Waals surface area contributed by atoms with Crippen molar-refractivity contribution >= 4 is 11.9 Å². The summed E-state index contributed by atoms with van der Waals surface area (Å²) in [6.45, 7) is 1.33. The maximum atomic E-state index is 12.5. The maximum absolute atomic E-state index is 12.5. The molecule has 3 atom stereocenters. The number of hydrogen-bond donors (Lipinski definition) is 2. The molecule has 0 saturated carbocycles. The number of carbonyl (C=O) groups is 2. The summed E-state index contributed by atoms with van der Waals surface area (Å²) >= 11 is 0. The van der Waals surface area contributed by atoms with Gasteiger partial charge >= 0.3 is 5.97 Å². The zero-order chi connectivity index (χ0) is 13.8. The molecule has 106 valence electrons. The molecule has 1 fully saturated rings. The number of carboxylic acid groups (broad SMARTS) is 1. The molecule has 1 saturated heterocycles. The topological polar surface area (TPSA) is 77.8 Å². The Bertz CT molecular complexity index is 380. The second-order valence-corrected chi connectivity index (χ2v) is 5.47. The highest BCUT2D eigenvalue weighted by Gasteiger charge is 2.37. The summed E-state index contributed by atoms with van der Waals surface area (Å²) in [5, 5.41) is 18.4. The molecular weight excluding hydrogens is 246 g/mol. The Morgan fingerprint density at radius 3 is 2.53 bits per heavy atom. The van der Waals surface area contributed by atoms with Crippen LogP contribution in [-0.4, -0.2) is 46.7 Å². The molecule has 0 aromatic heterocycles. The first kappa shape index (κ1) is 14.1. The van der Waals surface area contributed by atoms with Gasteiger partial charge in [-0.1, -0.05) is 12.2 Å². The number of amides is 1. The quantitative estimate of drug-likeness (QED) is 0.744. The molecule has 0 radical (unpaired) electrons. The molecule has 2 aliphatic rings. The molecule has 5 heteroatoms. The van der Waals surface area contributed by atoms with Gasteiger partial charge in [0, 0.05) is 19.7 Å². The zero-order valence-corrected chi connectivity index (χ0v) is 11.0. The van der Waals surface area contributed by atoms with Crippen LogP contribution in [0.25, 0.3) is 0 Å². The van der Waals surface area contributed by atoms with Gasteiger partial charge < -0.3 is 15.1 Å². The van der Waals surface area contributed by atoms with E-state index in [2.05, 4.69) is 0 Å². The average Bonchev–Trinajstić information content (AvgIpc) is 2.46. The second kappa shape index (κ2) is 6.19. The molecule has 0 aromatic rings. The third kappa shape index (κ3) is 3.15. The van der Waals surface area contributed by atoms with E-state index in [9.17, 15) is 19.8 Å². The molecule has 5 nitrogen and oxygen atoms in total. The Morgan fingerprint density at radius 1 is 1.21 bits per heavy atom. The van der Waals surface area contributed by atoms with Gasteiger partial charge in [-0.2, -0.15) is 0 Å². The van der Waals surface area contributed by atoms with Crippen LogP contribution in [0.5, 0.6) is 0 Å². The molecule has 2 N–H and O–H groups in total. The number of allylic oxidation sites excluding steroid dienone is 2. The number of aliphatic hydroxyl groups excluding tert-OH is 1. The van der Waals surface area contributed by atoms with Crippen molar-refractivity contribution in [3.8, 4) is 0 Å². The fourth-order valence-corrected chi connectivity index (χ4v) is 3.01. The van der Waals surface area contributed by atoms with Gasteiger partial charge in [0.25, 0.3) is 0 Å². The van der Waals surface area contributed by atoms with Crippen LogP contribution in [0.1, 0.15) is 25.7 Å². The Morgan fingerprint density at radius 2 is 1.89 bits per heavy atom. The van der Waals surface area contributed by atoms with E-state index in [-0.39, 0.29) is 18.4 Å². The van der Waals surface area contributed by atoms with Gasteiger partial charge in [-0.15, -0.1) is 0 Å². The number of hydrogen-bond acceptors (Lipinski definition) is 3. The lowest BCUT2D eigenvalue weighted by atomic mass is 9.81. The van der Waals surface area contributed by atoms with Crippen molar-refractivity contribution in [1.29, 1.82) is 0 Å². The first-order chi connectivity index (χ1) is 9.13. The minimum atomic E-state index is -0.890. The first-order valence-corrected chi connectivity index (χ1v) is 6.91. The van der Waals surface area contributed by atoms with Crippen LogP contribution in [0.15, 0.2) is 12.2 Å². The summed E-state index contributed by atoms with van der Waals surface area (Å²) in [6, 6.07) is 0. The molecule has 2 rings (SSSR count). The molecule has 0 bridgehead atoms. The maximum Gasteiger partial charge on any atom is 0.307 e. The lowest BCUT2D eigenvalue weighted by Gasteiger charge is -2.36. The van der Waals surface area contributed by atoms with Crippen LogP contribution in [0, 0.1) is 17.8 Å². The van der Waals surface area contributed by atoms with Crippen LogP contribution in [-0.2, 0) is 9.59 Å². The van der Waals surface area contributed by atoms with E-state index in [1.165, 1.54) is 0 Å². The van der Waals surface area contributed by atoms with Crippen molar-refractivity contribution in [2.75, 3.05) is 19.7 Å². The third-order valence-electron chi connectivity index (χ3n) is 4.16. The van der Waals surface area contributed by atoms with E-state index in [4.69, 9.17) is 0 Å². The summed E-state index contributed by atoms with van der Waals surface area (Å²) in [5.41, 5.74) is 0. The summed E-state index contributed by atoms with van der Waals surface area (Å²) in [6.07, 6.45) is 6.51. The third-order valence-corrected chi connectivity index (χ3v) is 4.16. The number of carbonyl (C=O) groups excluding carboxylic acids is 1. The van der Waals surface area contributed by atoms with Crippen LogP contribution in [0.4, 0.5) is 0 Å². The highest BCUT2D eigenvalue weighted by atomic mass is 16.4. The number of nitrogens with zero attached hydrogens (tertiary/aromatic N) is 1. The van der Waals surface area contributed by atoms with Crippen molar-refractivity contribution < 1.29 is 19.8 Å². The van der Waals surface area contributed by atoms with Crippen molar-refractivity contribution in [3.05, 3.63) is 12.2 Å². The molecule has 3 unspecified atom stereocenters. The Balaban J connectivity index is 2.05.